The predicted octanol–water partition coefficient (Wildman–Crippen LogP) is 0.696. The van der Waals surface area contributed by atoms with Gasteiger partial charge in [0.15, 0.2) is 0 Å². The molecule has 0 rings (SSSR count). The van der Waals surface area contributed by atoms with E-state index in [1.54, 1.807) is 0 Å². The number of rotatable bonds is 6. The van der Waals surface area contributed by atoms with Gasteiger partial charge in [-0.3, -0.25) is 0 Å². The first kappa shape index (κ1) is 9.23. The van der Waals surface area contributed by atoms with E-state index in [2.05, 4.69) is 10.0 Å². The summed E-state index contributed by atoms with van der Waals surface area (Å²) in [5.41, 5.74) is 7.83. The number of azide groups is 1. The van der Waals surface area contributed by atoms with E-state index in [-0.39, 0.29) is 6.61 Å². The molecule has 0 aliphatic carbocycles. The zero-order valence-electron chi connectivity index (χ0n) is 5.73. The quantitative estimate of drug-likeness (QED) is 0.258. The van der Waals surface area contributed by atoms with E-state index in [4.69, 9.17) is 15.4 Å². The van der Waals surface area contributed by atoms with Crippen LogP contribution in [0.1, 0.15) is 6.42 Å². The fourth-order valence-electron chi connectivity index (χ4n) is 0.419. The third-order valence-electron chi connectivity index (χ3n) is 0.846. The van der Waals surface area contributed by atoms with Crippen LogP contribution >= 0.6 is 0 Å². The Labute approximate surface area is 59.2 Å². The summed E-state index contributed by atoms with van der Waals surface area (Å²) in [5, 5.41) is 11.6. The molecule has 0 aromatic carbocycles. The highest BCUT2D eigenvalue weighted by molar-refractivity contribution is 4.43. The highest BCUT2D eigenvalue weighted by Crippen LogP contribution is 1.81. The van der Waals surface area contributed by atoms with Crippen LogP contribution in [0.2, 0.25) is 0 Å². The lowest BCUT2D eigenvalue weighted by atomic mass is 10.5. The average Bonchev–Trinajstić information content (AvgIpc) is 1.97. The summed E-state index contributed by atoms with van der Waals surface area (Å²) >= 11 is 0. The second-order valence-electron chi connectivity index (χ2n) is 1.64. The smallest absolute Gasteiger partial charge is 0.0522 e. The molecule has 10 heavy (non-hydrogen) atoms. The summed E-state index contributed by atoms with van der Waals surface area (Å²) in [6.07, 6.45) is 0.635. The Morgan fingerprint density at radius 3 is 2.90 bits per heavy atom. The van der Waals surface area contributed by atoms with Crippen LogP contribution in [0.3, 0.4) is 0 Å². The van der Waals surface area contributed by atoms with Crippen molar-refractivity contribution in [2.45, 2.75) is 6.42 Å². The maximum absolute atomic E-state index is 8.31. The van der Waals surface area contributed by atoms with Crippen LogP contribution in [-0.2, 0) is 4.74 Å². The molecule has 0 atom stereocenters. The van der Waals surface area contributed by atoms with Gasteiger partial charge in [0, 0.05) is 24.7 Å². The lowest BCUT2D eigenvalue weighted by molar-refractivity contribution is 0.122. The Morgan fingerprint density at radius 1 is 1.50 bits per heavy atom. The zero-order valence-corrected chi connectivity index (χ0v) is 5.73. The van der Waals surface area contributed by atoms with Crippen molar-refractivity contribution in [3.8, 4) is 0 Å². The van der Waals surface area contributed by atoms with Gasteiger partial charge in [0.2, 0.25) is 0 Å². The number of hydrogen-bond acceptors (Lipinski definition) is 3. The minimum Gasteiger partial charge on any atom is -0.396 e. The van der Waals surface area contributed by atoms with Crippen LogP contribution in [0.25, 0.3) is 10.4 Å². The van der Waals surface area contributed by atoms with Crippen molar-refractivity contribution in [2.24, 2.45) is 5.11 Å². The number of hydrogen-bond donors (Lipinski definition) is 1. The molecule has 5 nitrogen and oxygen atoms in total. The minimum atomic E-state index is 0.140. The molecule has 58 valence electrons. The highest BCUT2D eigenvalue weighted by Gasteiger charge is 1.84. The molecule has 0 heterocycles. The highest BCUT2D eigenvalue weighted by atomic mass is 16.5. The Bertz CT molecular complexity index is 111. The van der Waals surface area contributed by atoms with Crippen LogP contribution in [0.4, 0.5) is 0 Å². The van der Waals surface area contributed by atoms with Crippen LogP contribution in [0.5, 0.6) is 0 Å². The van der Waals surface area contributed by atoms with E-state index in [9.17, 15) is 0 Å². The molecule has 0 radical (unpaired) electrons. The van der Waals surface area contributed by atoms with Crippen molar-refractivity contribution in [2.75, 3.05) is 26.4 Å². The van der Waals surface area contributed by atoms with Gasteiger partial charge in [-0.25, -0.2) is 0 Å². The number of nitrogens with zero attached hydrogens (tertiary/aromatic N) is 3. The second-order valence-corrected chi connectivity index (χ2v) is 1.64. The average molecular weight is 145 g/mol. The molecular formula is C5H11N3O2. The molecule has 0 saturated heterocycles. The number of aliphatic hydroxyl groups is 1. The Morgan fingerprint density at radius 2 is 2.30 bits per heavy atom. The van der Waals surface area contributed by atoms with Gasteiger partial charge in [-0.2, -0.15) is 0 Å². The summed E-state index contributed by atoms with van der Waals surface area (Å²) in [6, 6.07) is 0. The molecular weight excluding hydrogens is 134 g/mol. The predicted molar refractivity (Wildman–Crippen MR) is 36.5 cm³/mol. The third-order valence-corrected chi connectivity index (χ3v) is 0.846. The van der Waals surface area contributed by atoms with Gasteiger partial charge in [0.25, 0.3) is 0 Å². The van der Waals surface area contributed by atoms with Crippen molar-refractivity contribution >= 4 is 0 Å². The lowest BCUT2D eigenvalue weighted by Gasteiger charge is -1.97. The summed E-state index contributed by atoms with van der Waals surface area (Å²) < 4.78 is 4.95. The van der Waals surface area contributed by atoms with Crippen molar-refractivity contribution in [3.05, 3.63) is 10.4 Å². The van der Waals surface area contributed by atoms with E-state index < -0.39 is 0 Å². The van der Waals surface area contributed by atoms with Crippen LogP contribution in [-0.4, -0.2) is 31.5 Å². The van der Waals surface area contributed by atoms with E-state index in [0.29, 0.717) is 26.2 Å². The van der Waals surface area contributed by atoms with E-state index in [0.717, 1.165) is 0 Å². The Kier molecular flexibility index (Phi) is 7.60. The molecule has 0 unspecified atom stereocenters. The molecule has 0 amide bonds. The van der Waals surface area contributed by atoms with Gasteiger partial charge < -0.3 is 9.84 Å². The topological polar surface area (TPSA) is 78.2 Å². The van der Waals surface area contributed by atoms with E-state index in [1.807, 2.05) is 0 Å². The van der Waals surface area contributed by atoms with Gasteiger partial charge in [0.05, 0.1) is 6.61 Å². The molecule has 0 spiro atoms. The molecule has 0 aromatic rings. The Hall–Kier alpha value is -0.770. The third kappa shape index (κ3) is 7.23. The maximum atomic E-state index is 8.31. The van der Waals surface area contributed by atoms with Gasteiger partial charge in [-0.1, -0.05) is 5.11 Å². The fraction of sp³-hybridized carbons (Fsp3) is 1.00. The van der Waals surface area contributed by atoms with E-state index >= 15 is 0 Å². The normalized spacial score (nSPS) is 8.90. The minimum absolute atomic E-state index is 0.140. The van der Waals surface area contributed by atoms with Crippen LogP contribution in [0.15, 0.2) is 5.11 Å². The number of ether oxygens (including phenoxy) is 1. The molecule has 0 aliphatic rings. The van der Waals surface area contributed by atoms with Gasteiger partial charge in [0.1, 0.15) is 0 Å². The van der Waals surface area contributed by atoms with Crippen LogP contribution < -0.4 is 0 Å². The first-order chi connectivity index (χ1) is 4.91. The van der Waals surface area contributed by atoms with E-state index in [1.165, 1.54) is 0 Å². The van der Waals surface area contributed by atoms with Crippen molar-refractivity contribution < 1.29 is 9.84 Å². The monoisotopic (exact) mass is 145 g/mol. The summed E-state index contributed by atoms with van der Waals surface area (Å²) in [4.78, 5) is 2.55. The summed E-state index contributed by atoms with van der Waals surface area (Å²) in [7, 11) is 0. The second kappa shape index (κ2) is 8.23. The molecule has 0 fully saturated rings. The van der Waals surface area contributed by atoms with Gasteiger partial charge in [-0.05, 0) is 12.0 Å². The molecule has 0 bridgehead atoms. The fourth-order valence-corrected chi connectivity index (χ4v) is 0.419. The van der Waals surface area contributed by atoms with Gasteiger partial charge >= 0.3 is 0 Å². The largest absolute Gasteiger partial charge is 0.396 e. The zero-order chi connectivity index (χ0) is 7.66. The number of aliphatic hydroxyl groups excluding tert-OH is 1. The van der Waals surface area contributed by atoms with Crippen molar-refractivity contribution in [1.82, 2.24) is 0 Å². The summed E-state index contributed by atoms with van der Waals surface area (Å²) in [5.74, 6) is 0. The summed E-state index contributed by atoms with van der Waals surface area (Å²) in [6.45, 7) is 1.46. The standard InChI is InChI=1S/C5H11N3O2/c6-8-7-2-5-10-4-1-3-9/h9H,1-5H2. The van der Waals surface area contributed by atoms with Crippen LogP contribution in [0, 0.1) is 0 Å². The SMILES string of the molecule is [N-]=[N+]=NCCOCCCO. The first-order valence-electron chi connectivity index (χ1n) is 3.11. The molecule has 0 saturated carbocycles. The lowest BCUT2D eigenvalue weighted by Crippen LogP contribution is -2.00. The van der Waals surface area contributed by atoms with Crippen molar-refractivity contribution in [1.29, 1.82) is 0 Å². The first-order valence-corrected chi connectivity index (χ1v) is 3.11. The van der Waals surface area contributed by atoms with Gasteiger partial charge in [-0.15, -0.1) is 0 Å². The molecule has 0 aromatic heterocycles. The molecule has 1 N–H and O–H groups in total. The maximum Gasteiger partial charge on any atom is 0.0522 e. The molecule has 0 aliphatic heterocycles. The van der Waals surface area contributed by atoms with Crippen molar-refractivity contribution in [3.63, 3.8) is 0 Å². The molecule has 5 heteroatoms. The Balaban J connectivity index is 2.83.